The Labute approximate surface area is 205 Å². The largest absolute Gasteiger partial charge is 0.511 e. The first-order valence-corrected chi connectivity index (χ1v) is 11.4. The molecule has 0 saturated carbocycles. The van der Waals surface area contributed by atoms with E-state index >= 15 is 0 Å². The Balaban J connectivity index is 1.59. The molecule has 4 heteroatoms. The van der Waals surface area contributed by atoms with Crippen LogP contribution < -0.4 is 0 Å². The Hall–Kier alpha value is -4.12. The number of aliphatic hydroxyl groups is 4. The minimum atomic E-state index is -1.73. The van der Waals surface area contributed by atoms with Crippen LogP contribution in [0.5, 0.6) is 0 Å². The van der Waals surface area contributed by atoms with Gasteiger partial charge in [0, 0.05) is 0 Å². The van der Waals surface area contributed by atoms with E-state index < -0.39 is 18.6 Å². The molecule has 0 aromatic heterocycles. The van der Waals surface area contributed by atoms with E-state index in [2.05, 4.69) is 0 Å². The second-order valence-electron chi connectivity index (χ2n) is 8.43. The van der Waals surface area contributed by atoms with Crippen LogP contribution >= 0.6 is 0 Å². The molecule has 0 unspecified atom stereocenters. The average Bonchev–Trinajstić information content (AvgIpc) is 2.91. The summed E-state index contributed by atoms with van der Waals surface area (Å²) in [6.07, 6.45) is 2.90. The van der Waals surface area contributed by atoms with Gasteiger partial charge in [0.1, 0.15) is 16.9 Å². The van der Waals surface area contributed by atoms with Crippen LogP contribution in [0.15, 0.2) is 121 Å². The van der Waals surface area contributed by atoms with Crippen molar-refractivity contribution in [2.24, 2.45) is 5.41 Å². The molecule has 176 valence electrons. The summed E-state index contributed by atoms with van der Waals surface area (Å²) in [6, 6.07) is 34.9. The average molecular weight is 465 g/mol. The van der Waals surface area contributed by atoms with Gasteiger partial charge in [-0.05, 0) is 45.5 Å². The van der Waals surface area contributed by atoms with Crippen LogP contribution in [0.4, 0.5) is 0 Å². The van der Waals surface area contributed by atoms with Crippen LogP contribution in [-0.4, -0.2) is 33.6 Å². The zero-order chi connectivity index (χ0) is 24.7. The van der Waals surface area contributed by atoms with Gasteiger partial charge in [0.2, 0.25) is 0 Å². The van der Waals surface area contributed by atoms with Crippen molar-refractivity contribution in [2.45, 2.75) is 0 Å². The molecule has 35 heavy (non-hydrogen) atoms. The monoisotopic (exact) mass is 464 g/mol. The van der Waals surface area contributed by atoms with Crippen LogP contribution in [0.1, 0.15) is 11.1 Å². The summed E-state index contributed by atoms with van der Waals surface area (Å²) < 4.78 is 0. The molecule has 0 amide bonds. The molecule has 0 radical (unpaired) electrons. The van der Waals surface area contributed by atoms with Crippen molar-refractivity contribution in [2.75, 3.05) is 13.2 Å². The van der Waals surface area contributed by atoms with Crippen molar-refractivity contribution in [3.63, 3.8) is 0 Å². The lowest BCUT2D eigenvalue weighted by Crippen LogP contribution is -2.34. The van der Waals surface area contributed by atoms with Crippen molar-refractivity contribution in [3.05, 3.63) is 132 Å². The second-order valence-corrected chi connectivity index (χ2v) is 8.43. The smallest absolute Gasteiger partial charge is 0.130 e. The molecule has 0 fully saturated rings. The van der Waals surface area contributed by atoms with Crippen LogP contribution in [0, 0.1) is 5.41 Å². The Bertz CT molecular complexity index is 1180. The van der Waals surface area contributed by atoms with Gasteiger partial charge in [-0.15, -0.1) is 0 Å². The molecule has 0 aliphatic rings. The standard InChI is InChI=1S/C31H28O4/c32-21-31(22-33,29(34)19-23-11-15-27(16-12-23)25-7-3-1-4-8-25)30(35)20-24-13-17-28(18-14-24)26-9-5-2-6-10-26/h1-20,32-35H,21-22H2. The SMILES string of the molecule is OCC(CO)(C(O)=Cc1ccc(-c2ccccc2)cc1)C(O)=Cc1ccc(-c2ccccc2)cc1. The summed E-state index contributed by atoms with van der Waals surface area (Å²) in [5.41, 5.74) is 3.83. The van der Waals surface area contributed by atoms with Gasteiger partial charge in [-0.2, -0.15) is 0 Å². The number of benzene rings is 4. The van der Waals surface area contributed by atoms with Crippen LogP contribution in [-0.2, 0) is 0 Å². The maximum Gasteiger partial charge on any atom is 0.130 e. The lowest BCUT2D eigenvalue weighted by atomic mass is 9.83. The molecule has 0 saturated heterocycles. The Kier molecular flexibility index (Phi) is 7.46. The summed E-state index contributed by atoms with van der Waals surface area (Å²) in [6.45, 7) is -1.34. The molecular formula is C31H28O4. The lowest BCUT2D eigenvalue weighted by Gasteiger charge is -2.28. The highest BCUT2D eigenvalue weighted by Crippen LogP contribution is 2.35. The lowest BCUT2D eigenvalue weighted by molar-refractivity contribution is 0.0487. The highest BCUT2D eigenvalue weighted by molar-refractivity contribution is 5.68. The van der Waals surface area contributed by atoms with Crippen LogP contribution in [0.3, 0.4) is 0 Å². The first-order chi connectivity index (χ1) is 17.1. The van der Waals surface area contributed by atoms with Crippen molar-refractivity contribution in [1.29, 1.82) is 0 Å². The van der Waals surface area contributed by atoms with E-state index in [4.69, 9.17) is 0 Å². The number of aliphatic hydroxyl groups excluding tert-OH is 4. The van der Waals surface area contributed by atoms with E-state index in [1.165, 1.54) is 12.2 Å². The minimum absolute atomic E-state index is 0.329. The van der Waals surface area contributed by atoms with Crippen LogP contribution in [0.25, 0.3) is 34.4 Å². The fourth-order valence-corrected chi connectivity index (χ4v) is 3.90. The van der Waals surface area contributed by atoms with Crippen molar-refractivity contribution in [3.8, 4) is 22.3 Å². The number of hydrogen-bond acceptors (Lipinski definition) is 4. The van der Waals surface area contributed by atoms with E-state index in [-0.39, 0.29) is 11.5 Å². The first kappa shape index (κ1) is 24.0. The summed E-state index contributed by atoms with van der Waals surface area (Å²) in [4.78, 5) is 0. The quantitative estimate of drug-likeness (QED) is 0.225. The van der Waals surface area contributed by atoms with E-state index in [9.17, 15) is 20.4 Å². The Morgan fingerprint density at radius 1 is 0.486 bits per heavy atom. The zero-order valence-electron chi connectivity index (χ0n) is 19.3. The molecule has 4 aromatic rings. The molecule has 0 aliphatic heterocycles. The van der Waals surface area contributed by atoms with Gasteiger partial charge < -0.3 is 20.4 Å². The minimum Gasteiger partial charge on any atom is -0.511 e. The predicted molar refractivity (Wildman–Crippen MR) is 142 cm³/mol. The molecule has 0 atom stereocenters. The number of hydrogen-bond donors (Lipinski definition) is 4. The third-order valence-corrected chi connectivity index (χ3v) is 6.16. The van der Waals surface area contributed by atoms with Crippen LogP contribution in [0.2, 0.25) is 0 Å². The first-order valence-electron chi connectivity index (χ1n) is 11.4. The maximum absolute atomic E-state index is 10.9. The molecule has 0 bridgehead atoms. The number of rotatable bonds is 8. The Morgan fingerprint density at radius 2 is 0.800 bits per heavy atom. The van der Waals surface area contributed by atoms with Crippen molar-refractivity contribution in [1.82, 2.24) is 0 Å². The fraction of sp³-hybridized carbons (Fsp3) is 0.0968. The highest BCUT2D eigenvalue weighted by Gasteiger charge is 2.38. The molecule has 0 spiro atoms. The van der Waals surface area contributed by atoms with E-state index in [1.807, 2.05) is 109 Å². The highest BCUT2D eigenvalue weighted by atomic mass is 16.3. The van der Waals surface area contributed by atoms with E-state index in [0.29, 0.717) is 11.1 Å². The summed E-state index contributed by atoms with van der Waals surface area (Å²) in [5, 5.41) is 42.0. The van der Waals surface area contributed by atoms with Gasteiger partial charge in [-0.3, -0.25) is 0 Å². The topological polar surface area (TPSA) is 80.9 Å². The molecule has 4 aromatic carbocycles. The van der Waals surface area contributed by atoms with Gasteiger partial charge in [-0.1, -0.05) is 109 Å². The van der Waals surface area contributed by atoms with Crippen molar-refractivity contribution >= 4 is 12.2 Å². The second kappa shape index (κ2) is 10.9. The third-order valence-electron chi connectivity index (χ3n) is 6.16. The molecular weight excluding hydrogens is 436 g/mol. The van der Waals surface area contributed by atoms with E-state index in [1.54, 1.807) is 0 Å². The molecule has 4 nitrogen and oxygen atoms in total. The van der Waals surface area contributed by atoms with Gasteiger partial charge in [0.15, 0.2) is 0 Å². The van der Waals surface area contributed by atoms with Crippen molar-refractivity contribution < 1.29 is 20.4 Å². The Morgan fingerprint density at radius 3 is 1.11 bits per heavy atom. The molecule has 0 heterocycles. The maximum atomic E-state index is 10.9. The third kappa shape index (κ3) is 5.35. The van der Waals surface area contributed by atoms with Gasteiger partial charge in [0.25, 0.3) is 0 Å². The fourth-order valence-electron chi connectivity index (χ4n) is 3.90. The normalized spacial score (nSPS) is 12.5. The molecule has 4 rings (SSSR count). The molecule has 4 N–H and O–H groups in total. The summed E-state index contributed by atoms with van der Waals surface area (Å²) in [7, 11) is 0. The van der Waals surface area contributed by atoms with Gasteiger partial charge in [-0.25, -0.2) is 0 Å². The zero-order valence-corrected chi connectivity index (χ0v) is 19.3. The summed E-state index contributed by atoms with van der Waals surface area (Å²) >= 11 is 0. The molecule has 0 aliphatic carbocycles. The van der Waals surface area contributed by atoms with Gasteiger partial charge in [0.05, 0.1) is 13.2 Å². The van der Waals surface area contributed by atoms with E-state index in [0.717, 1.165) is 22.3 Å². The van der Waals surface area contributed by atoms with Gasteiger partial charge >= 0.3 is 0 Å². The predicted octanol–water partition coefficient (Wildman–Crippen LogP) is 6.49. The summed E-state index contributed by atoms with van der Waals surface area (Å²) in [5.74, 6) is -0.658.